The molecule has 1 rings (SSSR count). The van der Waals surface area contributed by atoms with Crippen LogP contribution in [0.4, 0.5) is 9.93 Å². The van der Waals surface area contributed by atoms with Gasteiger partial charge in [0.15, 0.2) is 0 Å². The smallest absolute Gasteiger partial charge is 0.326 e. The first-order valence-electron chi connectivity index (χ1n) is 5.46. The third-order valence-electron chi connectivity index (χ3n) is 2.13. The number of sulfone groups is 1. The molecule has 0 bridgehead atoms. The van der Waals surface area contributed by atoms with Crippen molar-refractivity contribution >= 4 is 38.5 Å². The first-order valence-corrected chi connectivity index (χ1v) is 8.29. The van der Waals surface area contributed by atoms with Gasteiger partial charge in [-0.2, -0.15) is 4.37 Å². The number of carboxylic acid groups (broad SMARTS) is 1. The molecule has 11 heteroatoms. The van der Waals surface area contributed by atoms with Crippen molar-refractivity contribution in [3.63, 3.8) is 0 Å². The van der Waals surface area contributed by atoms with E-state index in [1.807, 2.05) is 0 Å². The van der Waals surface area contributed by atoms with Crippen LogP contribution in [-0.4, -0.2) is 52.9 Å². The maximum atomic E-state index is 11.6. The van der Waals surface area contributed by atoms with Crippen LogP contribution in [0.15, 0.2) is 0 Å². The summed E-state index contributed by atoms with van der Waals surface area (Å²) >= 11 is 0.955. The van der Waals surface area contributed by atoms with Crippen LogP contribution in [0, 0.1) is 6.92 Å². The van der Waals surface area contributed by atoms with Crippen molar-refractivity contribution in [2.75, 3.05) is 17.3 Å². The molecule has 112 valence electrons. The number of carbonyl (C=O) groups excluding carboxylic acids is 1. The molecule has 1 aromatic rings. The zero-order valence-corrected chi connectivity index (χ0v) is 12.4. The maximum Gasteiger partial charge on any atom is 0.326 e. The largest absolute Gasteiger partial charge is 0.480 e. The molecule has 0 aromatic carbocycles. The summed E-state index contributed by atoms with van der Waals surface area (Å²) < 4.78 is 25.8. The number of hydrogen-bond donors (Lipinski definition) is 3. The Morgan fingerprint density at radius 1 is 1.45 bits per heavy atom. The van der Waals surface area contributed by atoms with Crippen molar-refractivity contribution in [3.8, 4) is 0 Å². The molecule has 2 amide bonds. The fraction of sp³-hybridized carbons (Fsp3) is 0.556. The van der Waals surface area contributed by atoms with E-state index >= 15 is 0 Å². The summed E-state index contributed by atoms with van der Waals surface area (Å²) in [6.45, 7) is 1.64. The van der Waals surface area contributed by atoms with Crippen molar-refractivity contribution in [1.29, 1.82) is 0 Å². The third kappa shape index (κ3) is 5.93. The Hall–Kier alpha value is -1.75. The van der Waals surface area contributed by atoms with E-state index in [-0.39, 0.29) is 17.3 Å². The Bertz CT molecular complexity index is 597. The van der Waals surface area contributed by atoms with E-state index in [0.29, 0.717) is 5.82 Å². The number of hydrogen-bond acceptors (Lipinski definition) is 7. The second-order valence-electron chi connectivity index (χ2n) is 4.05. The number of carbonyl (C=O) groups is 2. The molecule has 0 saturated carbocycles. The Balaban J connectivity index is 2.57. The number of aliphatic carboxylic acids is 1. The van der Waals surface area contributed by atoms with Gasteiger partial charge in [-0.3, -0.25) is 5.32 Å². The van der Waals surface area contributed by atoms with Crippen molar-refractivity contribution < 1.29 is 23.1 Å². The van der Waals surface area contributed by atoms with Crippen LogP contribution in [0.3, 0.4) is 0 Å². The molecular formula is C9H14N4O5S2. The minimum Gasteiger partial charge on any atom is -0.480 e. The Kier molecular flexibility index (Phi) is 5.39. The first kappa shape index (κ1) is 16.3. The minimum absolute atomic E-state index is 0.212. The van der Waals surface area contributed by atoms with Crippen LogP contribution in [0.5, 0.6) is 0 Å². The van der Waals surface area contributed by atoms with Gasteiger partial charge >= 0.3 is 12.0 Å². The molecule has 1 heterocycles. The van der Waals surface area contributed by atoms with Gasteiger partial charge in [-0.15, -0.1) is 0 Å². The molecule has 0 aliphatic rings. The summed E-state index contributed by atoms with van der Waals surface area (Å²) in [5, 5.41) is 13.7. The highest BCUT2D eigenvalue weighted by molar-refractivity contribution is 7.90. The number of nitrogens with zero attached hydrogens (tertiary/aromatic N) is 2. The topological polar surface area (TPSA) is 138 Å². The Morgan fingerprint density at radius 2 is 2.10 bits per heavy atom. The van der Waals surface area contributed by atoms with E-state index in [9.17, 15) is 18.0 Å². The molecule has 0 radical (unpaired) electrons. The van der Waals surface area contributed by atoms with Gasteiger partial charge in [0, 0.05) is 17.8 Å². The highest BCUT2D eigenvalue weighted by Gasteiger charge is 2.22. The SMILES string of the molecule is Cc1nsc(NC(=O)NC(CCS(C)(=O)=O)C(=O)O)n1. The summed E-state index contributed by atoms with van der Waals surface area (Å²) in [6.07, 6.45) is 0.784. The molecular weight excluding hydrogens is 308 g/mol. The zero-order valence-electron chi connectivity index (χ0n) is 10.8. The predicted octanol–water partition coefficient (Wildman–Crippen LogP) is -0.144. The van der Waals surface area contributed by atoms with Crippen LogP contribution in [0.1, 0.15) is 12.2 Å². The van der Waals surface area contributed by atoms with E-state index in [1.165, 1.54) is 0 Å². The molecule has 1 atom stereocenters. The molecule has 0 aliphatic carbocycles. The van der Waals surface area contributed by atoms with Gasteiger partial charge in [0.05, 0.1) is 5.75 Å². The average Bonchev–Trinajstić information content (AvgIpc) is 2.68. The fourth-order valence-corrected chi connectivity index (χ4v) is 2.46. The van der Waals surface area contributed by atoms with E-state index < -0.39 is 27.9 Å². The molecule has 0 saturated heterocycles. The molecule has 20 heavy (non-hydrogen) atoms. The van der Waals surface area contributed by atoms with Gasteiger partial charge in [0.2, 0.25) is 5.13 Å². The summed E-state index contributed by atoms with van der Waals surface area (Å²) in [6, 6.07) is -2.07. The number of aromatic nitrogens is 2. The van der Waals surface area contributed by atoms with Crippen LogP contribution in [-0.2, 0) is 14.6 Å². The van der Waals surface area contributed by atoms with Crippen molar-refractivity contribution in [2.45, 2.75) is 19.4 Å². The fourth-order valence-electron chi connectivity index (χ4n) is 1.23. The van der Waals surface area contributed by atoms with Crippen LogP contribution in [0.25, 0.3) is 0 Å². The van der Waals surface area contributed by atoms with E-state index in [4.69, 9.17) is 5.11 Å². The average molecular weight is 322 g/mol. The normalized spacial score (nSPS) is 12.7. The van der Waals surface area contributed by atoms with Gasteiger partial charge in [0.1, 0.15) is 21.7 Å². The molecule has 9 nitrogen and oxygen atoms in total. The summed E-state index contributed by atoms with van der Waals surface area (Å²) in [4.78, 5) is 26.4. The van der Waals surface area contributed by atoms with Crippen LogP contribution in [0.2, 0.25) is 0 Å². The lowest BCUT2D eigenvalue weighted by Crippen LogP contribution is -2.43. The molecule has 0 aliphatic heterocycles. The quantitative estimate of drug-likeness (QED) is 0.662. The number of aryl methyl sites for hydroxylation is 1. The lowest BCUT2D eigenvalue weighted by molar-refractivity contribution is -0.139. The standard InChI is InChI=1S/C9H14N4O5S2/c1-5-10-9(19-13-5)12-8(16)11-6(7(14)15)3-4-20(2,17)18/h6H,3-4H2,1-2H3,(H,14,15)(H2,10,11,12,13,16). The first-order chi connectivity index (χ1) is 9.17. The minimum atomic E-state index is -3.30. The molecule has 3 N–H and O–H groups in total. The van der Waals surface area contributed by atoms with Crippen molar-refractivity contribution in [3.05, 3.63) is 5.82 Å². The van der Waals surface area contributed by atoms with E-state index in [1.54, 1.807) is 6.92 Å². The molecule has 1 unspecified atom stereocenters. The van der Waals surface area contributed by atoms with Gasteiger partial charge in [0.25, 0.3) is 0 Å². The third-order valence-corrected chi connectivity index (χ3v) is 3.83. The number of rotatable bonds is 6. The van der Waals surface area contributed by atoms with Gasteiger partial charge in [-0.1, -0.05) is 0 Å². The summed E-state index contributed by atoms with van der Waals surface area (Å²) in [5.74, 6) is -1.16. The zero-order chi connectivity index (χ0) is 15.3. The number of anilines is 1. The van der Waals surface area contributed by atoms with Gasteiger partial charge < -0.3 is 10.4 Å². The number of carboxylic acids is 1. The monoisotopic (exact) mass is 322 g/mol. The van der Waals surface area contributed by atoms with Crippen LogP contribution < -0.4 is 10.6 Å². The van der Waals surface area contributed by atoms with Crippen molar-refractivity contribution in [1.82, 2.24) is 14.7 Å². The highest BCUT2D eigenvalue weighted by atomic mass is 32.2. The summed E-state index contributed by atoms with van der Waals surface area (Å²) in [5.41, 5.74) is 0. The maximum absolute atomic E-state index is 11.6. The van der Waals surface area contributed by atoms with Gasteiger partial charge in [-0.05, 0) is 13.3 Å². The second kappa shape index (κ2) is 6.61. The number of amides is 2. The number of urea groups is 1. The van der Waals surface area contributed by atoms with Crippen LogP contribution >= 0.6 is 11.5 Å². The van der Waals surface area contributed by atoms with E-state index in [2.05, 4.69) is 20.0 Å². The lowest BCUT2D eigenvalue weighted by atomic mass is 10.2. The molecule has 0 spiro atoms. The lowest BCUT2D eigenvalue weighted by Gasteiger charge is -2.13. The van der Waals surface area contributed by atoms with Gasteiger partial charge in [-0.25, -0.2) is 23.0 Å². The Morgan fingerprint density at radius 3 is 2.55 bits per heavy atom. The highest BCUT2D eigenvalue weighted by Crippen LogP contribution is 2.09. The molecule has 1 aromatic heterocycles. The molecule has 0 fully saturated rings. The second-order valence-corrected chi connectivity index (χ2v) is 7.07. The summed E-state index contributed by atoms with van der Waals surface area (Å²) in [7, 11) is -3.30. The number of nitrogens with one attached hydrogen (secondary N) is 2. The van der Waals surface area contributed by atoms with Crippen molar-refractivity contribution in [2.24, 2.45) is 0 Å². The predicted molar refractivity (Wildman–Crippen MR) is 72.6 cm³/mol. The Labute approximate surface area is 119 Å². The van der Waals surface area contributed by atoms with E-state index in [0.717, 1.165) is 17.8 Å².